The lowest BCUT2D eigenvalue weighted by molar-refractivity contribution is -0.156. The minimum Gasteiger partial charge on any atom is -0.457 e. The van der Waals surface area contributed by atoms with Crippen molar-refractivity contribution in [1.29, 1.82) is 0 Å². The van der Waals surface area contributed by atoms with Gasteiger partial charge in [0.2, 0.25) is 0 Å². The lowest BCUT2D eigenvalue weighted by atomic mass is 9.95. The van der Waals surface area contributed by atoms with Crippen molar-refractivity contribution in [3.05, 3.63) is 135 Å². The molecule has 3 aliphatic heterocycles. The number of nitrogens with zero attached hydrogens (tertiary/aromatic N) is 3. The molecule has 0 unspecified atom stereocenters. The molecular weight excluding hydrogens is 953 g/mol. The highest BCUT2D eigenvalue weighted by molar-refractivity contribution is 5.67. The largest absolute Gasteiger partial charge is 0.457 e. The summed E-state index contributed by atoms with van der Waals surface area (Å²) in [5.41, 5.74) is -3.42. The van der Waals surface area contributed by atoms with Crippen LogP contribution < -0.4 is 33.7 Å². The first-order chi connectivity index (χ1) is 34.6. The zero-order valence-electron chi connectivity index (χ0n) is 39.9. The monoisotopic (exact) mass is 1010 g/mol. The van der Waals surface area contributed by atoms with Gasteiger partial charge in [-0.2, -0.15) is 0 Å². The summed E-state index contributed by atoms with van der Waals surface area (Å²) >= 11 is 0. The van der Waals surface area contributed by atoms with E-state index < -0.39 is 125 Å². The number of esters is 3. The molecule has 1 aromatic carbocycles. The number of rotatable bonds is 23. The third-order valence-corrected chi connectivity index (χ3v) is 12.5. The van der Waals surface area contributed by atoms with E-state index >= 15 is 0 Å². The molecule has 390 valence electrons. The highest BCUT2D eigenvalue weighted by atomic mass is 16.6. The number of H-pyrrole nitrogens is 3. The van der Waals surface area contributed by atoms with Crippen molar-refractivity contribution in [2.75, 3.05) is 46.8 Å². The van der Waals surface area contributed by atoms with Gasteiger partial charge in [0.1, 0.15) is 0 Å². The standard InChI is InChI=1S/C47H58N6O19/c1-26(54)67-39-30(33(13-19-63-4)70-42(39)51-16-10-36(57)48-45(51)60)23-64-20-14-34-31(40(68-27(2)55)43(71-34)52-17-11-37(58)49-46(52)61)24-65-21-15-35-32(25-66-22-29-8-6-5-7-9-29)41(69-28(3)56)44(72-35)53-18-12-38(59)50-47(53)62/h5-12,16-18,30-35,39-44H,13-15,19-25H2,1-4H3,(H,48,57,60)(H,49,58,61)(H,50,59,62)/t30-,31-,32-,33-,34-,35-,39-,40-,41-,42-,43-,44-/m1/s1. The maximum Gasteiger partial charge on any atom is 0.330 e. The van der Waals surface area contributed by atoms with E-state index in [1.54, 1.807) is 0 Å². The predicted molar refractivity (Wildman–Crippen MR) is 246 cm³/mol. The van der Waals surface area contributed by atoms with Crippen molar-refractivity contribution >= 4 is 17.9 Å². The van der Waals surface area contributed by atoms with Gasteiger partial charge in [-0.05, 0) is 24.8 Å². The van der Waals surface area contributed by atoms with Crippen LogP contribution in [0.1, 0.15) is 64.3 Å². The van der Waals surface area contributed by atoms with Gasteiger partial charge < -0.3 is 47.4 Å². The molecule has 4 aromatic rings. The number of hydrogen-bond acceptors (Lipinski definition) is 19. The number of aromatic nitrogens is 6. The van der Waals surface area contributed by atoms with E-state index in [4.69, 9.17) is 47.4 Å². The van der Waals surface area contributed by atoms with Gasteiger partial charge >= 0.3 is 35.0 Å². The molecule has 72 heavy (non-hydrogen) atoms. The fraction of sp³-hybridized carbons (Fsp3) is 0.553. The predicted octanol–water partition coefficient (Wildman–Crippen LogP) is 0.0396. The van der Waals surface area contributed by atoms with Gasteiger partial charge in [-0.1, -0.05) is 30.3 Å². The second-order valence-electron chi connectivity index (χ2n) is 17.5. The van der Waals surface area contributed by atoms with E-state index in [1.807, 2.05) is 30.3 Å². The zero-order valence-corrected chi connectivity index (χ0v) is 39.9. The summed E-state index contributed by atoms with van der Waals surface area (Å²) < 4.78 is 63.8. The summed E-state index contributed by atoms with van der Waals surface area (Å²) in [5.74, 6) is -4.01. The highest BCUT2D eigenvalue weighted by Crippen LogP contribution is 2.41. The Bertz CT molecular complexity index is 2840. The minimum absolute atomic E-state index is 0.00267. The van der Waals surface area contributed by atoms with Gasteiger partial charge in [0.25, 0.3) is 16.7 Å². The van der Waals surface area contributed by atoms with Crippen LogP contribution in [0.3, 0.4) is 0 Å². The first-order valence-electron chi connectivity index (χ1n) is 23.3. The zero-order chi connectivity index (χ0) is 51.5. The van der Waals surface area contributed by atoms with Gasteiger partial charge in [0, 0.05) is 84.5 Å². The van der Waals surface area contributed by atoms with E-state index in [0.29, 0.717) is 6.42 Å². The van der Waals surface area contributed by atoms with Crippen molar-refractivity contribution in [3.8, 4) is 0 Å². The van der Waals surface area contributed by atoms with Crippen LogP contribution in [0.5, 0.6) is 0 Å². The lowest BCUT2D eigenvalue weighted by Crippen LogP contribution is -2.39. The summed E-state index contributed by atoms with van der Waals surface area (Å²) in [7, 11) is 1.51. The molecule has 3 aliphatic rings. The van der Waals surface area contributed by atoms with Crippen molar-refractivity contribution in [2.24, 2.45) is 17.8 Å². The molecule has 6 heterocycles. The Hall–Kier alpha value is -6.61. The maximum atomic E-state index is 13.2. The number of methoxy groups -OCH3 is 1. The van der Waals surface area contributed by atoms with E-state index in [-0.39, 0.29) is 59.1 Å². The van der Waals surface area contributed by atoms with Gasteiger partial charge in [0.15, 0.2) is 37.0 Å². The molecule has 3 saturated heterocycles. The number of ether oxygens (including phenoxy) is 10. The number of aromatic amines is 3. The molecule has 0 bridgehead atoms. The van der Waals surface area contributed by atoms with Crippen molar-refractivity contribution in [2.45, 2.75) is 102 Å². The molecule has 25 heteroatoms. The van der Waals surface area contributed by atoms with Crippen molar-refractivity contribution in [1.82, 2.24) is 28.7 Å². The fourth-order valence-electron chi connectivity index (χ4n) is 9.32. The van der Waals surface area contributed by atoms with E-state index in [0.717, 1.165) is 37.5 Å². The van der Waals surface area contributed by atoms with E-state index in [2.05, 4.69) is 15.0 Å². The molecule has 0 saturated carbocycles. The number of nitrogens with one attached hydrogen (secondary N) is 3. The van der Waals surface area contributed by atoms with E-state index in [9.17, 15) is 43.2 Å². The van der Waals surface area contributed by atoms with Gasteiger partial charge in [-0.15, -0.1) is 0 Å². The summed E-state index contributed by atoms with van der Waals surface area (Å²) in [5, 5.41) is 0. The Morgan fingerprint density at radius 3 is 1.18 bits per heavy atom. The van der Waals surface area contributed by atoms with Crippen LogP contribution >= 0.6 is 0 Å². The molecule has 12 atom stereocenters. The molecule has 25 nitrogen and oxygen atoms in total. The Kier molecular flexibility index (Phi) is 18.2. The maximum absolute atomic E-state index is 13.2. The number of benzene rings is 1. The number of carbonyl (C=O) groups is 3. The summed E-state index contributed by atoms with van der Waals surface area (Å²) in [6.45, 7) is 3.95. The molecule has 3 aromatic heterocycles. The van der Waals surface area contributed by atoms with Gasteiger partial charge in [-0.3, -0.25) is 57.4 Å². The van der Waals surface area contributed by atoms with Crippen LogP contribution in [0.4, 0.5) is 0 Å². The molecule has 0 radical (unpaired) electrons. The molecule has 3 fully saturated rings. The first-order valence-corrected chi connectivity index (χ1v) is 23.3. The summed E-state index contributed by atoms with van der Waals surface area (Å²) in [6.07, 6.45) is -4.54. The molecule has 0 spiro atoms. The quantitative estimate of drug-likeness (QED) is 0.0502. The van der Waals surface area contributed by atoms with Crippen molar-refractivity contribution in [3.63, 3.8) is 0 Å². The lowest BCUT2D eigenvalue weighted by Gasteiger charge is -2.26. The van der Waals surface area contributed by atoms with Crippen LogP contribution in [0, 0.1) is 17.8 Å². The Labute approximate surface area is 409 Å². The van der Waals surface area contributed by atoms with E-state index in [1.165, 1.54) is 46.5 Å². The third kappa shape index (κ3) is 13.3. The third-order valence-electron chi connectivity index (χ3n) is 12.5. The smallest absolute Gasteiger partial charge is 0.330 e. The second-order valence-corrected chi connectivity index (χ2v) is 17.5. The molecule has 7 rings (SSSR count). The fourth-order valence-corrected chi connectivity index (χ4v) is 9.32. The second kappa shape index (κ2) is 24.7. The minimum atomic E-state index is -1.23. The summed E-state index contributed by atoms with van der Waals surface area (Å²) in [6, 6.07) is 12.8. The SMILES string of the molecule is COCC[C@H]1O[C@@H](n2ccc(=O)[nH]c2=O)[C@H](OC(C)=O)[C@@H]1COCC[C@H]1O[C@@H](n2ccc(=O)[nH]c2=O)[C@H](OC(C)=O)[C@@H]1COCC[C@H]1O[C@@H](n2ccc(=O)[nH]c2=O)[C@H](OC(C)=O)[C@@H]1COCc1ccccc1. The average Bonchev–Trinajstić information content (AvgIpc) is 3.95. The number of carbonyl (C=O) groups excluding carboxylic acids is 3. The highest BCUT2D eigenvalue weighted by Gasteiger charge is 2.51. The van der Waals surface area contributed by atoms with Crippen LogP contribution in [0.2, 0.25) is 0 Å². The number of hydrogen-bond donors (Lipinski definition) is 3. The Morgan fingerprint density at radius 2 is 0.847 bits per heavy atom. The normalized spacial score (nSPS) is 26.9. The molecular formula is C47H58N6O19. The topological polar surface area (TPSA) is 308 Å². The van der Waals surface area contributed by atoms with Crippen LogP contribution in [0.25, 0.3) is 0 Å². The van der Waals surface area contributed by atoms with Crippen LogP contribution in [0.15, 0.2) is 95.9 Å². The van der Waals surface area contributed by atoms with Crippen LogP contribution in [-0.4, -0.2) is 130 Å². The van der Waals surface area contributed by atoms with Crippen molar-refractivity contribution < 1.29 is 61.8 Å². The van der Waals surface area contributed by atoms with Gasteiger partial charge in [0.05, 0.1) is 62.5 Å². The Balaban J connectivity index is 1.09. The molecule has 0 amide bonds. The van der Waals surface area contributed by atoms with Crippen LogP contribution in [-0.2, 0) is 68.4 Å². The average molecular weight is 1010 g/mol. The Morgan fingerprint density at radius 1 is 0.500 bits per heavy atom. The summed E-state index contributed by atoms with van der Waals surface area (Å²) in [4.78, 5) is 119. The first kappa shape index (κ1) is 53.2. The molecule has 0 aliphatic carbocycles. The van der Waals surface area contributed by atoms with Gasteiger partial charge in [-0.25, -0.2) is 14.4 Å². The molecule has 3 N–H and O–H groups in total.